The molecule has 4 heteroatoms. The minimum absolute atomic E-state index is 0.0498. The van der Waals surface area contributed by atoms with Crippen LogP contribution in [0.25, 0.3) is 0 Å². The normalized spacial score (nSPS) is 10.1. The SMILES string of the molecule is COc1cccc(C(=O)Cc2cncc(Br)c2)c1. The lowest BCUT2D eigenvalue weighted by Gasteiger charge is -2.04. The quantitative estimate of drug-likeness (QED) is 0.814. The number of Topliss-reactive ketones (excluding diaryl/α,β-unsaturated/α-hetero) is 1. The summed E-state index contributed by atoms with van der Waals surface area (Å²) in [6.07, 6.45) is 3.72. The Bertz CT molecular complexity index is 569. The fourth-order valence-corrected chi connectivity index (χ4v) is 2.05. The van der Waals surface area contributed by atoms with Crippen molar-refractivity contribution in [3.05, 3.63) is 58.3 Å². The van der Waals surface area contributed by atoms with E-state index in [9.17, 15) is 4.79 Å². The number of nitrogens with zero attached hydrogens (tertiary/aromatic N) is 1. The van der Waals surface area contributed by atoms with Crippen molar-refractivity contribution in [1.82, 2.24) is 4.98 Å². The first-order chi connectivity index (χ1) is 8.69. The summed E-state index contributed by atoms with van der Waals surface area (Å²) in [5.41, 5.74) is 1.53. The van der Waals surface area contributed by atoms with E-state index in [1.807, 2.05) is 18.2 Å². The summed E-state index contributed by atoms with van der Waals surface area (Å²) in [5.74, 6) is 0.738. The molecule has 0 atom stereocenters. The van der Waals surface area contributed by atoms with Crippen LogP contribution in [0.1, 0.15) is 15.9 Å². The van der Waals surface area contributed by atoms with Crippen LogP contribution in [0.15, 0.2) is 47.2 Å². The Morgan fingerprint density at radius 3 is 2.89 bits per heavy atom. The highest BCUT2D eigenvalue weighted by molar-refractivity contribution is 9.10. The van der Waals surface area contributed by atoms with Crippen molar-refractivity contribution in [2.75, 3.05) is 7.11 Å². The van der Waals surface area contributed by atoms with Crippen LogP contribution in [-0.4, -0.2) is 17.9 Å². The molecule has 0 amide bonds. The third kappa shape index (κ3) is 3.17. The lowest BCUT2D eigenvalue weighted by atomic mass is 10.0. The number of hydrogen-bond donors (Lipinski definition) is 0. The summed E-state index contributed by atoms with van der Waals surface area (Å²) in [7, 11) is 1.59. The zero-order valence-electron chi connectivity index (χ0n) is 9.89. The standard InChI is InChI=1S/C14H12BrNO2/c1-18-13-4-2-3-11(7-13)14(17)6-10-5-12(15)9-16-8-10/h2-5,7-9H,6H2,1H3. The minimum Gasteiger partial charge on any atom is -0.497 e. The van der Waals surface area contributed by atoms with Crippen LogP contribution in [0, 0.1) is 0 Å². The Kier molecular flexibility index (Phi) is 4.10. The number of rotatable bonds is 4. The van der Waals surface area contributed by atoms with Crippen LogP contribution in [-0.2, 0) is 6.42 Å². The first-order valence-electron chi connectivity index (χ1n) is 5.46. The van der Waals surface area contributed by atoms with E-state index in [2.05, 4.69) is 20.9 Å². The molecule has 3 nitrogen and oxygen atoms in total. The van der Waals surface area contributed by atoms with Crippen LogP contribution in [0.2, 0.25) is 0 Å². The molecule has 18 heavy (non-hydrogen) atoms. The molecule has 0 N–H and O–H groups in total. The predicted octanol–water partition coefficient (Wildman–Crippen LogP) is 3.28. The van der Waals surface area contributed by atoms with E-state index in [4.69, 9.17) is 4.74 Å². The highest BCUT2D eigenvalue weighted by atomic mass is 79.9. The Labute approximate surface area is 114 Å². The number of carbonyl (C=O) groups excluding carboxylic acids is 1. The van der Waals surface area contributed by atoms with Gasteiger partial charge in [-0.25, -0.2) is 0 Å². The van der Waals surface area contributed by atoms with Crippen molar-refractivity contribution in [2.24, 2.45) is 0 Å². The lowest BCUT2D eigenvalue weighted by Crippen LogP contribution is -2.04. The van der Waals surface area contributed by atoms with Gasteiger partial charge in [0.05, 0.1) is 7.11 Å². The maximum Gasteiger partial charge on any atom is 0.167 e. The molecular formula is C14H12BrNO2. The Morgan fingerprint density at radius 1 is 1.33 bits per heavy atom. The molecule has 0 aliphatic heterocycles. The second-order valence-corrected chi connectivity index (χ2v) is 4.76. The predicted molar refractivity (Wildman–Crippen MR) is 73.0 cm³/mol. The number of benzene rings is 1. The van der Waals surface area contributed by atoms with Gasteiger partial charge < -0.3 is 4.74 Å². The summed E-state index contributed by atoms with van der Waals surface area (Å²) in [6, 6.07) is 9.05. The van der Waals surface area contributed by atoms with E-state index in [-0.39, 0.29) is 5.78 Å². The Morgan fingerprint density at radius 2 is 2.17 bits per heavy atom. The molecule has 2 rings (SSSR count). The first-order valence-corrected chi connectivity index (χ1v) is 6.25. The van der Waals surface area contributed by atoms with Gasteiger partial charge in [-0.1, -0.05) is 12.1 Å². The van der Waals surface area contributed by atoms with Gasteiger partial charge in [-0.2, -0.15) is 0 Å². The number of pyridine rings is 1. The van der Waals surface area contributed by atoms with Crippen molar-refractivity contribution in [1.29, 1.82) is 0 Å². The minimum atomic E-state index is 0.0498. The number of halogens is 1. The van der Waals surface area contributed by atoms with Crippen molar-refractivity contribution in [2.45, 2.75) is 6.42 Å². The largest absolute Gasteiger partial charge is 0.497 e. The maximum absolute atomic E-state index is 12.1. The smallest absolute Gasteiger partial charge is 0.167 e. The molecule has 0 saturated carbocycles. The topological polar surface area (TPSA) is 39.2 Å². The third-order valence-corrected chi connectivity index (χ3v) is 2.95. The van der Waals surface area contributed by atoms with Crippen molar-refractivity contribution in [3.8, 4) is 5.75 Å². The molecular weight excluding hydrogens is 294 g/mol. The lowest BCUT2D eigenvalue weighted by molar-refractivity contribution is 0.0992. The van der Waals surface area contributed by atoms with Gasteiger partial charge in [0.2, 0.25) is 0 Å². The first kappa shape index (κ1) is 12.8. The second-order valence-electron chi connectivity index (χ2n) is 3.84. The molecule has 1 aromatic carbocycles. The highest BCUT2D eigenvalue weighted by Crippen LogP contribution is 2.16. The zero-order valence-corrected chi connectivity index (χ0v) is 11.5. The molecule has 1 aromatic heterocycles. The van der Waals surface area contributed by atoms with Gasteiger partial charge in [0.15, 0.2) is 5.78 Å². The number of methoxy groups -OCH3 is 1. The van der Waals surface area contributed by atoms with Gasteiger partial charge in [-0.3, -0.25) is 9.78 Å². The zero-order chi connectivity index (χ0) is 13.0. The van der Waals surface area contributed by atoms with E-state index >= 15 is 0 Å². The van der Waals surface area contributed by atoms with Gasteiger partial charge in [0.25, 0.3) is 0 Å². The number of aromatic nitrogens is 1. The fourth-order valence-electron chi connectivity index (χ4n) is 1.64. The number of ketones is 1. The summed E-state index contributed by atoms with van der Waals surface area (Å²) >= 11 is 3.34. The maximum atomic E-state index is 12.1. The van der Waals surface area contributed by atoms with Crippen LogP contribution in [0.5, 0.6) is 5.75 Å². The van der Waals surface area contributed by atoms with Crippen LogP contribution < -0.4 is 4.74 Å². The van der Waals surface area contributed by atoms with Gasteiger partial charge in [-0.15, -0.1) is 0 Å². The van der Waals surface area contributed by atoms with Gasteiger partial charge >= 0.3 is 0 Å². The molecule has 0 spiro atoms. The van der Waals surface area contributed by atoms with Crippen LogP contribution in [0.4, 0.5) is 0 Å². The van der Waals surface area contributed by atoms with Gasteiger partial charge in [0.1, 0.15) is 5.75 Å². The molecule has 0 fully saturated rings. The molecule has 0 bridgehead atoms. The summed E-state index contributed by atoms with van der Waals surface area (Å²) in [6.45, 7) is 0. The van der Waals surface area contributed by atoms with E-state index in [0.717, 1.165) is 10.0 Å². The fraction of sp³-hybridized carbons (Fsp3) is 0.143. The van der Waals surface area contributed by atoms with Crippen LogP contribution in [0.3, 0.4) is 0 Å². The molecule has 0 aliphatic carbocycles. The third-order valence-electron chi connectivity index (χ3n) is 2.52. The molecule has 1 heterocycles. The Balaban J connectivity index is 2.16. The van der Waals surface area contributed by atoms with E-state index in [1.165, 1.54) is 0 Å². The average Bonchev–Trinajstić information content (AvgIpc) is 2.39. The Hall–Kier alpha value is -1.68. The molecule has 0 radical (unpaired) electrons. The monoisotopic (exact) mass is 305 g/mol. The summed E-state index contributed by atoms with van der Waals surface area (Å²) in [4.78, 5) is 16.1. The number of hydrogen-bond acceptors (Lipinski definition) is 3. The average molecular weight is 306 g/mol. The molecule has 0 saturated heterocycles. The number of ether oxygens (including phenoxy) is 1. The van der Waals surface area contributed by atoms with E-state index in [0.29, 0.717) is 17.7 Å². The van der Waals surface area contributed by atoms with Gasteiger partial charge in [0, 0.05) is 28.9 Å². The van der Waals surface area contributed by atoms with E-state index < -0.39 is 0 Å². The summed E-state index contributed by atoms with van der Waals surface area (Å²) < 4.78 is 5.98. The molecule has 0 aliphatic rings. The van der Waals surface area contributed by atoms with Crippen molar-refractivity contribution in [3.63, 3.8) is 0 Å². The highest BCUT2D eigenvalue weighted by Gasteiger charge is 2.08. The van der Waals surface area contributed by atoms with Crippen molar-refractivity contribution < 1.29 is 9.53 Å². The molecule has 0 unspecified atom stereocenters. The van der Waals surface area contributed by atoms with E-state index in [1.54, 1.807) is 31.6 Å². The van der Waals surface area contributed by atoms with Gasteiger partial charge in [-0.05, 0) is 39.7 Å². The molecule has 2 aromatic rings. The molecule has 92 valence electrons. The van der Waals surface area contributed by atoms with Crippen molar-refractivity contribution >= 4 is 21.7 Å². The van der Waals surface area contributed by atoms with Crippen LogP contribution >= 0.6 is 15.9 Å². The number of carbonyl (C=O) groups is 1. The second kappa shape index (κ2) is 5.78. The summed E-state index contributed by atoms with van der Waals surface area (Å²) in [5, 5.41) is 0.